The summed E-state index contributed by atoms with van der Waals surface area (Å²) >= 11 is 1.47. The maximum atomic E-state index is 12.7. The van der Waals surface area contributed by atoms with Gasteiger partial charge in [-0.15, -0.1) is 0 Å². The number of ether oxygens (including phenoxy) is 1. The molecule has 0 spiro atoms. The van der Waals surface area contributed by atoms with Crippen LogP contribution in [0.25, 0.3) is 0 Å². The summed E-state index contributed by atoms with van der Waals surface area (Å²) in [6.07, 6.45) is 0.643. The van der Waals surface area contributed by atoms with Crippen LogP contribution in [0.1, 0.15) is 6.42 Å². The van der Waals surface area contributed by atoms with Crippen LogP contribution in [0, 0.1) is 0 Å². The molecule has 0 radical (unpaired) electrons. The van der Waals surface area contributed by atoms with Gasteiger partial charge in [-0.3, -0.25) is 4.79 Å². The summed E-state index contributed by atoms with van der Waals surface area (Å²) in [5.41, 5.74) is 0. The zero-order chi connectivity index (χ0) is 15.5. The summed E-state index contributed by atoms with van der Waals surface area (Å²) in [7, 11) is -2.32. The van der Waals surface area contributed by atoms with E-state index < -0.39 is 22.0 Å². The van der Waals surface area contributed by atoms with Crippen molar-refractivity contribution in [2.24, 2.45) is 0 Å². The number of carboxylic acid groups (broad SMARTS) is 1. The molecule has 1 aromatic carbocycles. The van der Waals surface area contributed by atoms with Gasteiger partial charge in [-0.25, -0.2) is 8.42 Å². The van der Waals surface area contributed by atoms with E-state index >= 15 is 0 Å². The molecule has 1 aliphatic rings. The number of sulfonamides is 1. The van der Waals surface area contributed by atoms with Crippen LogP contribution in [0.5, 0.6) is 5.75 Å². The first kappa shape index (κ1) is 16.1. The van der Waals surface area contributed by atoms with Crippen molar-refractivity contribution >= 4 is 27.8 Å². The Morgan fingerprint density at radius 1 is 1.38 bits per heavy atom. The average molecular weight is 331 g/mol. The molecular formula is C13H17NO5S2. The number of aliphatic carboxylic acids is 1. The number of rotatable bonds is 4. The minimum atomic E-state index is -3.82. The predicted octanol–water partition coefficient (Wildman–Crippen LogP) is 1.28. The maximum Gasteiger partial charge on any atom is 0.322 e. The second-order valence-corrected chi connectivity index (χ2v) is 7.61. The number of carboxylic acids is 1. The van der Waals surface area contributed by atoms with Gasteiger partial charge >= 0.3 is 5.97 Å². The number of nitrogens with zero attached hydrogens (tertiary/aromatic N) is 1. The van der Waals surface area contributed by atoms with Crippen LogP contribution >= 0.6 is 11.8 Å². The predicted molar refractivity (Wildman–Crippen MR) is 80.3 cm³/mol. The molecular weight excluding hydrogens is 314 g/mol. The molecule has 1 heterocycles. The van der Waals surface area contributed by atoms with Crippen molar-refractivity contribution in [3.63, 3.8) is 0 Å². The Morgan fingerprint density at radius 2 is 2.05 bits per heavy atom. The molecule has 0 bridgehead atoms. The minimum Gasteiger partial charge on any atom is -0.497 e. The van der Waals surface area contributed by atoms with E-state index in [1.165, 1.54) is 31.0 Å². The standard InChI is InChI=1S/C13H17NO5S2/c1-19-10-3-5-11(6-4-10)21(17,18)14-7-2-8-20-9-12(14)13(15)16/h3-6,12H,2,7-9H2,1H3,(H,15,16)/t12-/m0/s1. The number of benzene rings is 1. The van der Waals surface area contributed by atoms with Gasteiger partial charge in [-0.1, -0.05) is 0 Å². The topological polar surface area (TPSA) is 83.9 Å². The van der Waals surface area contributed by atoms with Crippen LogP contribution in [0.3, 0.4) is 0 Å². The summed E-state index contributed by atoms with van der Waals surface area (Å²) in [5, 5.41) is 9.29. The van der Waals surface area contributed by atoms with Crippen molar-refractivity contribution < 1.29 is 23.1 Å². The molecule has 1 atom stereocenters. The lowest BCUT2D eigenvalue weighted by Crippen LogP contribution is -2.46. The van der Waals surface area contributed by atoms with Gasteiger partial charge in [0.05, 0.1) is 12.0 Å². The molecule has 0 saturated carbocycles. The van der Waals surface area contributed by atoms with E-state index in [9.17, 15) is 18.3 Å². The summed E-state index contributed by atoms with van der Waals surface area (Å²) < 4.78 is 31.4. The fourth-order valence-corrected chi connectivity index (χ4v) is 4.88. The fourth-order valence-electron chi connectivity index (χ4n) is 2.12. The van der Waals surface area contributed by atoms with Crippen LogP contribution in [-0.2, 0) is 14.8 Å². The third-order valence-electron chi connectivity index (χ3n) is 3.24. The van der Waals surface area contributed by atoms with E-state index in [1.807, 2.05) is 0 Å². The van der Waals surface area contributed by atoms with Gasteiger partial charge in [0.1, 0.15) is 11.8 Å². The summed E-state index contributed by atoms with van der Waals surface area (Å²) in [5.74, 6) is 0.472. The summed E-state index contributed by atoms with van der Waals surface area (Å²) in [4.78, 5) is 11.4. The molecule has 0 aromatic heterocycles. The Morgan fingerprint density at radius 3 is 2.62 bits per heavy atom. The number of methoxy groups -OCH3 is 1. The van der Waals surface area contributed by atoms with Crippen molar-refractivity contribution in [1.29, 1.82) is 0 Å². The lowest BCUT2D eigenvalue weighted by Gasteiger charge is -2.25. The zero-order valence-electron chi connectivity index (χ0n) is 11.6. The largest absolute Gasteiger partial charge is 0.497 e. The van der Waals surface area contributed by atoms with Crippen molar-refractivity contribution in [1.82, 2.24) is 4.31 Å². The molecule has 1 N–H and O–H groups in total. The van der Waals surface area contributed by atoms with Crippen LogP contribution in [-0.4, -0.2) is 55.0 Å². The van der Waals surface area contributed by atoms with E-state index in [0.717, 1.165) is 10.1 Å². The summed E-state index contributed by atoms with van der Waals surface area (Å²) in [6.45, 7) is 0.221. The second-order valence-electron chi connectivity index (χ2n) is 4.57. The van der Waals surface area contributed by atoms with E-state index in [4.69, 9.17) is 4.74 Å². The number of thioether (sulfide) groups is 1. The highest BCUT2D eigenvalue weighted by Gasteiger charge is 2.36. The Hall–Kier alpha value is -1.25. The summed E-state index contributed by atoms with van der Waals surface area (Å²) in [6, 6.07) is 4.95. The zero-order valence-corrected chi connectivity index (χ0v) is 13.2. The van der Waals surface area contributed by atoms with Gasteiger partial charge in [-0.05, 0) is 36.4 Å². The highest BCUT2D eigenvalue weighted by molar-refractivity contribution is 7.99. The smallest absolute Gasteiger partial charge is 0.322 e. The average Bonchev–Trinajstić information content (AvgIpc) is 2.73. The molecule has 2 rings (SSSR count). The molecule has 6 nitrogen and oxygen atoms in total. The number of hydrogen-bond acceptors (Lipinski definition) is 5. The molecule has 0 amide bonds. The van der Waals surface area contributed by atoms with E-state index in [2.05, 4.69) is 0 Å². The lowest BCUT2D eigenvalue weighted by atomic mass is 10.3. The highest BCUT2D eigenvalue weighted by Crippen LogP contribution is 2.25. The Kier molecular flexibility index (Phi) is 5.13. The quantitative estimate of drug-likeness (QED) is 0.895. The highest BCUT2D eigenvalue weighted by atomic mass is 32.2. The minimum absolute atomic E-state index is 0.0847. The van der Waals surface area contributed by atoms with Gasteiger partial charge in [-0.2, -0.15) is 16.1 Å². The molecule has 1 aliphatic heterocycles. The van der Waals surface area contributed by atoms with Crippen LogP contribution in [0.4, 0.5) is 0 Å². The van der Waals surface area contributed by atoms with Gasteiger partial charge < -0.3 is 9.84 Å². The van der Waals surface area contributed by atoms with Crippen LogP contribution in [0.2, 0.25) is 0 Å². The van der Waals surface area contributed by atoms with Gasteiger partial charge in [0.2, 0.25) is 10.0 Å². The van der Waals surface area contributed by atoms with Crippen molar-refractivity contribution in [3.8, 4) is 5.75 Å². The molecule has 0 aliphatic carbocycles. The van der Waals surface area contributed by atoms with Crippen molar-refractivity contribution in [3.05, 3.63) is 24.3 Å². The van der Waals surface area contributed by atoms with Crippen LogP contribution in [0.15, 0.2) is 29.2 Å². The van der Waals surface area contributed by atoms with Crippen molar-refractivity contribution in [2.45, 2.75) is 17.4 Å². The molecule has 21 heavy (non-hydrogen) atoms. The molecule has 1 aromatic rings. The molecule has 1 saturated heterocycles. The molecule has 116 valence electrons. The van der Waals surface area contributed by atoms with E-state index in [0.29, 0.717) is 12.2 Å². The Labute approximate surface area is 128 Å². The normalized spacial score (nSPS) is 20.7. The SMILES string of the molecule is COc1ccc(S(=O)(=O)N2CCCSC[C@H]2C(=O)O)cc1. The first-order valence-electron chi connectivity index (χ1n) is 6.43. The third-order valence-corrected chi connectivity index (χ3v) is 6.29. The van der Waals surface area contributed by atoms with Gasteiger partial charge in [0.15, 0.2) is 0 Å². The number of carbonyl (C=O) groups is 1. The van der Waals surface area contributed by atoms with Gasteiger partial charge in [0.25, 0.3) is 0 Å². The fraction of sp³-hybridized carbons (Fsp3) is 0.462. The Bertz CT molecular complexity index is 599. The van der Waals surface area contributed by atoms with Crippen LogP contribution < -0.4 is 4.74 Å². The van der Waals surface area contributed by atoms with Crippen molar-refractivity contribution in [2.75, 3.05) is 25.2 Å². The monoisotopic (exact) mass is 331 g/mol. The third kappa shape index (κ3) is 3.50. The molecule has 0 unspecified atom stereocenters. The number of hydrogen-bond donors (Lipinski definition) is 1. The molecule has 1 fully saturated rings. The maximum absolute atomic E-state index is 12.7. The second kappa shape index (κ2) is 6.67. The lowest BCUT2D eigenvalue weighted by molar-refractivity contribution is -0.140. The van der Waals surface area contributed by atoms with E-state index in [1.54, 1.807) is 12.1 Å². The van der Waals surface area contributed by atoms with E-state index in [-0.39, 0.29) is 17.2 Å². The first-order valence-corrected chi connectivity index (χ1v) is 9.02. The Balaban J connectivity index is 2.36. The first-order chi connectivity index (χ1) is 9.96. The molecule has 8 heteroatoms. The van der Waals surface area contributed by atoms with Gasteiger partial charge in [0, 0.05) is 12.3 Å².